The first-order valence-corrected chi connectivity index (χ1v) is 4.91. The van der Waals surface area contributed by atoms with E-state index in [1.165, 1.54) is 18.2 Å². The Labute approximate surface area is 86.9 Å². The summed E-state index contributed by atoms with van der Waals surface area (Å²) in [5.74, 6) is -0.455. The Bertz CT molecular complexity index is 396. The third-order valence-corrected chi connectivity index (χ3v) is 3.05. The maximum atomic E-state index is 12.9. The van der Waals surface area contributed by atoms with Gasteiger partial charge in [0.15, 0.2) is 5.78 Å². The summed E-state index contributed by atoms with van der Waals surface area (Å²) in [5.41, 5.74) is 0.0175. The number of Topliss-reactive ketones (excluding diaryl/α,β-unsaturated/α-hetero) is 1. The monoisotopic (exact) mass is 212 g/mol. The van der Waals surface area contributed by atoms with Crippen LogP contribution in [0.3, 0.4) is 0 Å². The molecule has 1 aromatic carbocycles. The summed E-state index contributed by atoms with van der Waals surface area (Å²) in [7, 11) is 0. The first-order chi connectivity index (χ1) is 6.53. The molecule has 0 unspecified atom stereocenters. The lowest BCUT2D eigenvalue weighted by atomic mass is 9.97. The van der Waals surface area contributed by atoms with E-state index in [-0.39, 0.29) is 11.2 Å². The first-order valence-electron chi connectivity index (χ1n) is 4.53. The molecule has 14 heavy (non-hydrogen) atoms. The Morgan fingerprint density at radius 1 is 1.50 bits per heavy atom. The van der Waals surface area contributed by atoms with Crippen molar-refractivity contribution >= 4 is 17.4 Å². The Kier molecular flexibility index (Phi) is 2.11. The second-order valence-electron chi connectivity index (χ2n) is 4.01. The molecule has 0 heterocycles. The average molecular weight is 213 g/mol. The summed E-state index contributed by atoms with van der Waals surface area (Å²) in [4.78, 5) is 11.9. The molecule has 1 aliphatic carbocycles. The number of hydrogen-bond donors (Lipinski definition) is 0. The van der Waals surface area contributed by atoms with Crippen LogP contribution in [0.1, 0.15) is 30.1 Å². The highest BCUT2D eigenvalue weighted by atomic mass is 35.5. The molecular weight excluding hydrogens is 203 g/mol. The predicted molar refractivity (Wildman–Crippen MR) is 53.1 cm³/mol. The zero-order valence-electron chi connectivity index (χ0n) is 7.81. The van der Waals surface area contributed by atoms with Crippen molar-refractivity contribution in [2.45, 2.75) is 19.8 Å². The van der Waals surface area contributed by atoms with E-state index in [0.29, 0.717) is 10.6 Å². The van der Waals surface area contributed by atoms with Gasteiger partial charge >= 0.3 is 0 Å². The molecule has 1 aliphatic rings. The van der Waals surface area contributed by atoms with E-state index in [1.807, 2.05) is 6.92 Å². The maximum Gasteiger partial charge on any atom is 0.170 e. The number of benzene rings is 1. The minimum atomic E-state index is -0.415. The van der Waals surface area contributed by atoms with Gasteiger partial charge in [0, 0.05) is 11.0 Å². The number of carbonyl (C=O) groups is 1. The third-order valence-electron chi connectivity index (χ3n) is 2.72. The van der Waals surface area contributed by atoms with Crippen molar-refractivity contribution in [1.29, 1.82) is 0 Å². The molecule has 0 bridgehead atoms. The molecule has 0 N–H and O–H groups in total. The molecule has 0 saturated heterocycles. The second-order valence-corrected chi connectivity index (χ2v) is 4.42. The summed E-state index contributed by atoms with van der Waals surface area (Å²) in [6, 6.07) is 3.90. The molecular formula is C11H10ClFO. The largest absolute Gasteiger partial charge is 0.294 e. The van der Waals surface area contributed by atoms with Gasteiger partial charge in [-0.2, -0.15) is 0 Å². The summed E-state index contributed by atoms with van der Waals surface area (Å²) in [5, 5.41) is 0.338. The van der Waals surface area contributed by atoms with Crippen LogP contribution in [0.2, 0.25) is 5.02 Å². The summed E-state index contributed by atoms with van der Waals surface area (Å²) in [6.07, 6.45) is 1.75. The van der Waals surface area contributed by atoms with Crippen molar-refractivity contribution in [1.82, 2.24) is 0 Å². The van der Waals surface area contributed by atoms with Crippen LogP contribution in [0.25, 0.3) is 0 Å². The van der Waals surface area contributed by atoms with Crippen molar-refractivity contribution in [2.24, 2.45) is 5.41 Å². The van der Waals surface area contributed by atoms with E-state index >= 15 is 0 Å². The van der Waals surface area contributed by atoms with Crippen LogP contribution >= 0.6 is 11.6 Å². The van der Waals surface area contributed by atoms with Gasteiger partial charge < -0.3 is 0 Å². The Morgan fingerprint density at radius 2 is 2.14 bits per heavy atom. The lowest BCUT2D eigenvalue weighted by molar-refractivity contribution is 0.0912. The summed E-state index contributed by atoms with van der Waals surface area (Å²) < 4.78 is 12.9. The first kappa shape index (κ1) is 9.66. The van der Waals surface area contributed by atoms with Gasteiger partial charge in [0.05, 0.1) is 5.02 Å². The molecule has 1 saturated carbocycles. The van der Waals surface area contributed by atoms with Crippen molar-refractivity contribution in [3.8, 4) is 0 Å². The van der Waals surface area contributed by atoms with Gasteiger partial charge in [-0.3, -0.25) is 4.79 Å². The highest BCUT2D eigenvalue weighted by Gasteiger charge is 2.45. The zero-order chi connectivity index (χ0) is 10.3. The molecule has 1 fully saturated rings. The molecule has 1 aromatic rings. The lowest BCUT2D eigenvalue weighted by Gasteiger charge is -2.08. The van der Waals surface area contributed by atoms with Gasteiger partial charge in [-0.05, 0) is 31.0 Å². The number of halogens is 2. The smallest absolute Gasteiger partial charge is 0.170 e. The lowest BCUT2D eigenvalue weighted by Crippen LogP contribution is -2.12. The van der Waals surface area contributed by atoms with Gasteiger partial charge in [-0.25, -0.2) is 4.39 Å². The predicted octanol–water partition coefficient (Wildman–Crippen LogP) is 3.46. The Hall–Kier alpha value is -0.890. The molecule has 0 aliphatic heterocycles. The van der Waals surface area contributed by atoms with Crippen LogP contribution in [0, 0.1) is 11.2 Å². The zero-order valence-corrected chi connectivity index (χ0v) is 8.57. The van der Waals surface area contributed by atoms with Crippen molar-refractivity contribution in [3.63, 3.8) is 0 Å². The number of hydrogen-bond acceptors (Lipinski definition) is 1. The molecule has 0 aromatic heterocycles. The summed E-state index contributed by atoms with van der Waals surface area (Å²) in [6.45, 7) is 1.89. The Morgan fingerprint density at radius 3 is 2.71 bits per heavy atom. The van der Waals surface area contributed by atoms with Crippen LogP contribution in [0.5, 0.6) is 0 Å². The number of ketones is 1. The fourth-order valence-electron chi connectivity index (χ4n) is 1.41. The van der Waals surface area contributed by atoms with Crippen LogP contribution < -0.4 is 0 Å². The standard InChI is InChI=1S/C11H10ClFO/c1-11(4-5-11)10(14)8-6-7(13)2-3-9(8)12/h2-3,6H,4-5H2,1H3. The van der Waals surface area contributed by atoms with Crippen molar-refractivity contribution < 1.29 is 9.18 Å². The second kappa shape index (κ2) is 3.06. The van der Waals surface area contributed by atoms with Gasteiger partial charge in [0.2, 0.25) is 0 Å². The molecule has 0 radical (unpaired) electrons. The maximum absolute atomic E-state index is 12.9. The highest BCUT2D eigenvalue weighted by molar-refractivity contribution is 6.34. The normalized spacial score (nSPS) is 17.9. The minimum absolute atomic E-state index is 0.0398. The third kappa shape index (κ3) is 1.55. The molecule has 1 nitrogen and oxygen atoms in total. The van der Waals surface area contributed by atoms with Crippen LogP contribution in [-0.4, -0.2) is 5.78 Å². The van der Waals surface area contributed by atoms with Crippen LogP contribution in [0.15, 0.2) is 18.2 Å². The van der Waals surface area contributed by atoms with Crippen molar-refractivity contribution in [2.75, 3.05) is 0 Å². The molecule has 0 amide bonds. The fourth-order valence-corrected chi connectivity index (χ4v) is 1.61. The quantitative estimate of drug-likeness (QED) is 0.687. The molecule has 3 heteroatoms. The van der Waals surface area contributed by atoms with E-state index in [0.717, 1.165) is 12.8 Å². The van der Waals surface area contributed by atoms with Gasteiger partial charge in [0.1, 0.15) is 5.82 Å². The van der Waals surface area contributed by atoms with Crippen LogP contribution in [-0.2, 0) is 0 Å². The number of carbonyl (C=O) groups excluding carboxylic acids is 1. The van der Waals surface area contributed by atoms with Crippen molar-refractivity contribution in [3.05, 3.63) is 34.6 Å². The molecule has 0 atom stereocenters. The van der Waals surface area contributed by atoms with E-state index in [9.17, 15) is 9.18 Å². The van der Waals surface area contributed by atoms with Gasteiger partial charge in [-0.1, -0.05) is 18.5 Å². The molecule has 2 rings (SSSR count). The average Bonchev–Trinajstić information content (AvgIpc) is 2.88. The molecule has 74 valence electrons. The SMILES string of the molecule is CC1(C(=O)c2cc(F)ccc2Cl)CC1. The van der Waals surface area contributed by atoms with E-state index < -0.39 is 5.82 Å². The highest BCUT2D eigenvalue weighted by Crippen LogP contribution is 2.48. The molecule has 0 spiro atoms. The van der Waals surface area contributed by atoms with E-state index in [4.69, 9.17) is 11.6 Å². The Balaban J connectivity index is 2.40. The van der Waals surface area contributed by atoms with Crippen LogP contribution in [0.4, 0.5) is 4.39 Å². The van der Waals surface area contributed by atoms with Gasteiger partial charge in [-0.15, -0.1) is 0 Å². The topological polar surface area (TPSA) is 17.1 Å². The van der Waals surface area contributed by atoms with E-state index in [2.05, 4.69) is 0 Å². The summed E-state index contributed by atoms with van der Waals surface area (Å²) >= 11 is 5.84. The number of rotatable bonds is 2. The fraction of sp³-hybridized carbons (Fsp3) is 0.364. The van der Waals surface area contributed by atoms with E-state index in [1.54, 1.807) is 0 Å². The van der Waals surface area contributed by atoms with Gasteiger partial charge in [0.25, 0.3) is 0 Å². The minimum Gasteiger partial charge on any atom is -0.294 e.